The fraction of sp³-hybridized carbons (Fsp3) is 0.250. The fourth-order valence-corrected chi connectivity index (χ4v) is 3.94. The zero-order valence-corrected chi connectivity index (χ0v) is 16.7. The molecule has 1 aromatic rings. The Morgan fingerprint density at radius 1 is 1.17 bits per heavy atom. The highest BCUT2D eigenvalue weighted by Crippen LogP contribution is 2.47. The van der Waals surface area contributed by atoms with Gasteiger partial charge < -0.3 is 9.45 Å². The van der Waals surface area contributed by atoms with Crippen molar-refractivity contribution in [1.82, 2.24) is 0 Å². The molecule has 1 aromatic carbocycles. The van der Waals surface area contributed by atoms with E-state index in [1.165, 1.54) is 12.2 Å². The average Bonchev–Trinajstić information content (AvgIpc) is 2.85. The van der Waals surface area contributed by atoms with E-state index in [1.807, 2.05) is 38.1 Å². The largest absolute Gasteiger partial charge is 0.748 e. The number of fused-ring (bicyclic) bond motifs is 1. The smallest absolute Gasteiger partial charge is 0.270 e. The lowest BCUT2D eigenvalue weighted by Crippen LogP contribution is -2.30. The maximum atomic E-state index is 12.1. The van der Waals surface area contributed by atoms with Crippen molar-refractivity contribution in [3.63, 3.8) is 0 Å². The molecule has 8 nitrogen and oxygen atoms in total. The van der Waals surface area contributed by atoms with Gasteiger partial charge in [-0.1, -0.05) is 32.0 Å². The van der Waals surface area contributed by atoms with Crippen LogP contribution in [-0.4, -0.2) is 36.0 Å². The third-order valence-corrected chi connectivity index (χ3v) is 5.67. The molecule has 0 spiro atoms. The summed E-state index contributed by atoms with van der Waals surface area (Å²) in [5.41, 5.74) is 1.84. The van der Waals surface area contributed by atoms with Gasteiger partial charge in [0.1, 0.15) is 0 Å². The predicted octanol–water partition coefficient (Wildman–Crippen LogP) is 2.44. The molecule has 0 unspecified atom stereocenters. The molecule has 0 bridgehead atoms. The molecule has 0 amide bonds. The number of nitro groups is 1. The van der Waals surface area contributed by atoms with Crippen LogP contribution in [0.5, 0.6) is 0 Å². The van der Waals surface area contributed by atoms with Gasteiger partial charge in [0, 0.05) is 41.1 Å². The molecule has 3 rings (SSSR count). The third-order valence-electron chi connectivity index (χ3n) is 4.99. The SMILES string of the molecule is CC1(C)/C(=C\C=C2\C=C([N+](=O)[O-])C=CC2=O)N(CCS(=O)(=O)[O-])c2ccccc21. The van der Waals surface area contributed by atoms with Crippen LogP contribution in [0.2, 0.25) is 0 Å². The van der Waals surface area contributed by atoms with Crippen LogP contribution >= 0.6 is 0 Å². The number of hydrogen-bond acceptors (Lipinski definition) is 7. The van der Waals surface area contributed by atoms with E-state index in [0.717, 1.165) is 23.4 Å². The Bertz CT molecular complexity index is 1110. The molecule has 1 heterocycles. The molecule has 152 valence electrons. The molecule has 0 N–H and O–H groups in total. The first-order valence-corrected chi connectivity index (χ1v) is 10.4. The second-order valence-corrected chi connectivity index (χ2v) is 8.78. The first kappa shape index (κ1) is 20.7. The third kappa shape index (κ3) is 4.20. The molecule has 0 radical (unpaired) electrons. The van der Waals surface area contributed by atoms with Crippen molar-refractivity contribution < 1.29 is 22.7 Å². The standard InChI is InChI=1S/C20H20N2O6S/c1-20(2)16-5-3-4-6-17(16)21(11-12-29(26,27)28)19(20)10-7-14-13-15(22(24)25)8-9-18(14)23/h3-10,13H,11-12H2,1-2H3,(H,26,27,28)/p-1/b14-7-,19-10+. The van der Waals surface area contributed by atoms with Crippen molar-refractivity contribution in [2.45, 2.75) is 19.3 Å². The number of rotatable bonds is 5. The van der Waals surface area contributed by atoms with Crippen LogP contribution in [0.1, 0.15) is 19.4 Å². The van der Waals surface area contributed by atoms with Crippen molar-refractivity contribution in [3.05, 3.63) is 87.3 Å². The zero-order valence-electron chi connectivity index (χ0n) is 15.9. The van der Waals surface area contributed by atoms with Crippen LogP contribution < -0.4 is 4.90 Å². The van der Waals surface area contributed by atoms with Gasteiger partial charge in [-0.2, -0.15) is 0 Å². The molecule has 0 aromatic heterocycles. The van der Waals surface area contributed by atoms with E-state index in [9.17, 15) is 27.9 Å². The maximum Gasteiger partial charge on any atom is 0.270 e. The van der Waals surface area contributed by atoms with Crippen molar-refractivity contribution >= 4 is 21.6 Å². The molecule has 0 saturated heterocycles. The number of anilines is 1. The number of allylic oxidation sites excluding steroid dienone is 7. The minimum Gasteiger partial charge on any atom is -0.748 e. The number of benzene rings is 1. The molecule has 0 saturated carbocycles. The number of ketones is 1. The molecule has 1 aliphatic heterocycles. The van der Waals surface area contributed by atoms with Gasteiger partial charge in [0.15, 0.2) is 5.78 Å². The van der Waals surface area contributed by atoms with Crippen molar-refractivity contribution in [2.75, 3.05) is 17.2 Å². The van der Waals surface area contributed by atoms with Gasteiger partial charge in [0.25, 0.3) is 5.70 Å². The molecule has 2 aliphatic rings. The summed E-state index contributed by atoms with van der Waals surface area (Å²) in [6, 6.07) is 7.44. The Labute approximate surface area is 168 Å². The molecule has 0 atom stereocenters. The summed E-state index contributed by atoms with van der Waals surface area (Å²) < 4.78 is 33.5. The summed E-state index contributed by atoms with van der Waals surface area (Å²) in [5.74, 6) is -0.937. The van der Waals surface area contributed by atoms with E-state index in [1.54, 1.807) is 11.0 Å². The maximum absolute atomic E-state index is 12.1. The first-order valence-electron chi connectivity index (χ1n) is 8.82. The molecular weight excluding hydrogens is 396 g/mol. The first-order chi connectivity index (χ1) is 13.5. The summed E-state index contributed by atoms with van der Waals surface area (Å²) in [6.07, 6.45) is 6.61. The number of nitrogens with zero attached hydrogens (tertiary/aromatic N) is 2. The summed E-state index contributed by atoms with van der Waals surface area (Å²) >= 11 is 0. The van der Waals surface area contributed by atoms with E-state index in [-0.39, 0.29) is 23.6 Å². The zero-order chi connectivity index (χ0) is 21.4. The summed E-state index contributed by atoms with van der Waals surface area (Å²) in [7, 11) is -4.42. The Kier molecular flexibility index (Phi) is 5.29. The fourth-order valence-electron chi connectivity index (χ4n) is 3.53. The molecule has 9 heteroatoms. The van der Waals surface area contributed by atoms with Crippen LogP contribution in [0.15, 0.2) is 71.6 Å². The van der Waals surface area contributed by atoms with Crippen LogP contribution in [0.25, 0.3) is 0 Å². The van der Waals surface area contributed by atoms with Gasteiger partial charge in [0.2, 0.25) is 0 Å². The molecular formula is C20H19N2O6S-. The van der Waals surface area contributed by atoms with Crippen molar-refractivity contribution in [1.29, 1.82) is 0 Å². The lowest BCUT2D eigenvalue weighted by Gasteiger charge is -2.27. The monoisotopic (exact) mass is 415 g/mol. The van der Waals surface area contributed by atoms with Crippen molar-refractivity contribution in [3.8, 4) is 0 Å². The highest BCUT2D eigenvalue weighted by Gasteiger charge is 2.39. The van der Waals surface area contributed by atoms with Crippen LogP contribution in [0.3, 0.4) is 0 Å². The van der Waals surface area contributed by atoms with Gasteiger partial charge in [-0.15, -0.1) is 0 Å². The van der Waals surface area contributed by atoms with E-state index in [2.05, 4.69) is 0 Å². The topological polar surface area (TPSA) is 121 Å². The highest BCUT2D eigenvalue weighted by atomic mass is 32.2. The summed E-state index contributed by atoms with van der Waals surface area (Å²) in [5, 5.41) is 11.0. The number of carbonyl (C=O) groups excluding carboxylic acids is 1. The lowest BCUT2D eigenvalue weighted by atomic mass is 9.83. The van der Waals surface area contributed by atoms with Gasteiger partial charge in [0.05, 0.1) is 20.8 Å². The average molecular weight is 415 g/mol. The summed E-state index contributed by atoms with van der Waals surface area (Å²) in [4.78, 5) is 24.2. The normalized spacial score (nSPS) is 20.9. The number of para-hydroxylation sites is 1. The van der Waals surface area contributed by atoms with Crippen LogP contribution in [-0.2, 0) is 20.3 Å². The number of carbonyl (C=O) groups is 1. The molecule has 1 aliphatic carbocycles. The van der Waals surface area contributed by atoms with E-state index < -0.39 is 26.2 Å². The second-order valence-electron chi connectivity index (χ2n) is 7.25. The highest BCUT2D eigenvalue weighted by molar-refractivity contribution is 7.85. The minimum atomic E-state index is -4.42. The summed E-state index contributed by atoms with van der Waals surface area (Å²) in [6.45, 7) is 3.86. The van der Waals surface area contributed by atoms with Crippen LogP contribution in [0.4, 0.5) is 5.69 Å². The van der Waals surface area contributed by atoms with Crippen molar-refractivity contribution in [2.24, 2.45) is 0 Å². The Balaban J connectivity index is 2.06. The van der Waals surface area contributed by atoms with E-state index in [0.29, 0.717) is 5.70 Å². The van der Waals surface area contributed by atoms with Gasteiger partial charge in [-0.3, -0.25) is 14.9 Å². The Morgan fingerprint density at radius 2 is 1.86 bits per heavy atom. The Hall–Kier alpha value is -3.04. The van der Waals surface area contributed by atoms with E-state index >= 15 is 0 Å². The van der Waals surface area contributed by atoms with Gasteiger partial charge >= 0.3 is 0 Å². The number of hydrogen-bond donors (Lipinski definition) is 0. The van der Waals surface area contributed by atoms with Gasteiger partial charge in [-0.05, 0) is 29.9 Å². The Morgan fingerprint density at radius 3 is 2.52 bits per heavy atom. The van der Waals surface area contributed by atoms with Gasteiger partial charge in [-0.25, -0.2) is 8.42 Å². The lowest BCUT2D eigenvalue weighted by molar-refractivity contribution is -0.419. The van der Waals surface area contributed by atoms with Crippen LogP contribution in [0, 0.1) is 10.1 Å². The molecule has 29 heavy (non-hydrogen) atoms. The molecule has 0 fully saturated rings. The van der Waals surface area contributed by atoms with E-state index in [4.69, 9.17) is 0 Å². The predicted molar refractivity (Wildman–Crippen MR) is 107 cm³/mol. The second kappa shape index (κ2) is 7.41. The quantitative estimate of drug-likeness (QED) is 0.313. The minimum absolute atomic E-state index is 0.0366.